The van der Waals surface area contributed by atoms with Crippen molar-refractivity contribution in [3.63, 3.8) is 0 Å². The van der Waals surface area contributed by atoms with E-state index in [1.807, 2.05) is 25.1 Å². The minimum absolute atomic E-state index is 0.475. The van der Waals surface area contributed by atoms with E-state index in [4.69, 9.17) is 18.9 Å². The second-order valence-electron chi connectivity index (χ2n) is 11.8. The molecule has 0 bridgehead atoms. The summed E-state index contributed by atoms with van der Waals surface area (Å²) in [6.07, 6.45) is 8.72. The summed E-state index contributed by atoms with van der Waals surface area (Å²) in [7, 11) is 3.95. The maximum Gasteiger partial charge on any atom is 0.163 e. The molecule has 1 saturated carbocycles. The number of aryl methyl sites for hydroxylation is 1. The summed E-state index contributed by atoms with van der Waals surface area (Å²) < 4.78 is 18.0. The predicted octanol–water partition coefficient (Wildman–Crippen LogP) is 5.96. The Bertz CT molecular complexity index is 1250. The van der Waals surface area contributed by atoms with Crippen molar-refractivity contribution < 1.29 is 13.9 Å². The number of likely N-dealkylation sites (tertiary alicyclic amines) is 2. The number of piperidine rings is 1. The molecule has 2 aromatic heterocycles. The van der Waals surface area contributed by atoms with Crippen LogP contribution < -0.4 is 14.8 Å². The van der Waals surface area contributed by atoms with Crippen molar-refractivity contribution in [1.29, 1.82) is 0 Å². The molecule has 0 unspecified atom stereocenters. The van der Waals surface area contributed by atoms with Crippen LogP contribution in [0.4, 0.5) is 5.69 Å². The maximum absolute atomic E-state index is 6.24. The lowest BCUT2D eigenvalue weighted by Crippen LogP contribution is -2.50. The van der Waals surface area contributed by atoms with Crippen LogP contribution >= 0.6 is 0 Å². The summed E-state index contributed by atoms with van der Waals surface area (Å²) in [4.78, 5) is 9.99. The highest BCUT2D eigenvalue weighted by Gasteiger charge is 2.45. The first-order valence-corrected chi connectivity index (χ1v) is 14.4. The number of nitrogens with zero attached hydrogens (tertiary/aromatic N) is 3. The van der Waals surface area contributed by atoms with Crippen molar-refractivity contribution in [2.45, 2.75) is 57.9 Å². The van der Waals surface area contributed by atoms with Gasteiger partial charge in [-0.3, -0.25) is 0 Å². The first-order chi connectivity index (χ1) is 18.5. The number of ether oxygens (including phenoxy) is 2. The number of hydrogen-bond donors (Lipinski definition) is 1. The number of methoxy groups -OCH3 is 1. The van der Waals surface area contributed by atoms with Crippen molar-refractivity contribution in [1.82, 2.24) is 14.8 Å². The summed E-state index contributed by atoms with van der Waals surface area (Å²) in [6, 6.07) is 10.7. The average molecular weight is 519 g/mol. The van der Waals surface area contributed by atoms with Crippen LogP contribution in [0.15, 0.2) is 34.7 Å². The minimum Gasteiger partial charge on any atom is -0.493 e. The van der Waals surface area contributed by atoms with Gasteiger partial charge in [0.15, 0.2) is 17.3 Å². The second kappa shape index (κ2) is 10.8. The van der Waals surface area contributed by atoms with Crippen LogP contribution in [0.5, 0.6) is 11.5 Å². The zero-order valence-electron chi connectivity index (χ0n) is 23.2. The summed E-state index contributed by atoms with van der Waals surface area (Å²) in [5.41, 5.74) is 3.34. The smallest absolute Gasteiger partial charge is 0.163 e. The number of aromatic nitrogens is 1. The molecule has 1 spiro atoms. The van der Waals surface area contributed by atoms with Crippen molar-refractivity contribution in [2.75, 3.05) is 58.8 Å². The number of fused-ring (bicyclic) bond motifs is 1. The van der Waals surface area contributed by atoms with Gasteiger partial charge in [-0.05, 0) is 115 Å². The Morgan fingerprint density at radius 2 is 1.84 bits per heavy atom. The van der Waals surface area contributed by atoms with Crippen LogP contribution in [0.25, 0.3) is 22.4 Å². The molecule has 7 nitrogen and oxygen atoms in total. The molecule has 0 atom stereocenters. The Morgan fingerprint density at radius 1 is 1.05 bits per heavy atom. The lowest BCUT2D eigenvalue weighted by Gasteiger charge is -2.52. The molecule has 1 aromatic carbocycles. The van der Waals surface area contributed by atoms with Crippen LogP contribution in [-0.2, 0) is 0 Å². The number of pyridine rings is 1. The molecule has 3 fully saturated rings. The van der Waals surface area contributed by atoms with Gasteiger partial charge in [-0.1, -0.05) is 0 Å². The second-order valence-corrected chi connectivity index (χ2v) is 11.8. The third-order valence-corrected chi connectivity index (χ3v) is 8.93. The molecule has 3 aromatic rings. The molecule has 4 heterocycles. The molecule has 0 amide bonds. The SMILES string of the molecule is COc1cc2c(NC3CC4(CCN(C)CC4)C3)cc(-c3ccc(C)o3)nc2cc1OCCCN1CCCC1. The molecule has 7 heteroatoms. The highest BCUT2D eigenvalue weighted by molar-refractivity contribution is 5.95. The Balaban J connectivity index is 1.24. The number of hydrogen-bond acceptors (Lipinski definition) is 7. The fraction of sp³-hybridized carbons (Fsp3) is 0.581. The Kier molecular flexibility index (Phi) is 7.23. The van der Waals surface area contributed by atoms with E-state index < -0.39 is 0 Å². The normalized spacial score (nSPS) is 20.2. The number of rotatable bonds is 9. The summed E-state index contributed by atoms with van der Waals surface area (Å²) in [5.74, 6) is 3.18. The van der Waals surface area contributed by atoms with Crippen LogP contribution in [0.1, 0.15) is 50.7 Å². The van der Waals surface area contributed by atoms with Crippen molar-refractivity contribution in [3.8, 4) is 23.0 Å². The molecule has 6 rings (SSSR count). The molecule has 1 N–H and O–H groups in total. The van der Waals surface area contributed by atoms with Crippen LogP contribution in [0, 0.1) is 12.3 Å². The molecule has 204 valence electrons. The van der Waals surface area contributed by atoms with Crippen LogP contribution in [0.3, 0.4) is 0 Å². The van der Waals surface area contributed by atoms with Gasteiger partial charge in [-0.25, -0.2) is 4.98 Å². The van der Waals surface area contributed by atoms with Gasteiger partial charge in [0.25, 0.3) is 0 Å². The molecule has 3 aliphatic rings. The van der Waals surface area contributed by atoms with E-state index in [1.54, 1.807) is 7.11 Å². The molecule has 38 heavy (non-hydrogen) atoms. The lowest BCUT2D eigenvalue weighted by molar-refractivity contribution is 0.0328. The molecule has 1 aliphatic carbocycles. The van der Waals surface area contributed by atoms with Gasteiger partial charge in [-0.2, -0.15) is 0 Å². The quantitative estimate of drug-likeness (QED) is 0.351. The molecule has 2 aliphatic heterocycles. The standard InChI is InChI=1S/C31H42N4O3/c1-22-7-8-28(38-22)27-18-25(32-23-20-31(21-23)9-14-34(2)15-10-31)24-17-29(36-3)30(19-26(24)33-27)37-16-6-13-35-11-4-5-12-35/h7-8,17-19,23H,4-6,9-16,20-21H2,1-3H3,(H,32,33). The third-order valence-electron chi connectivity index (χ3n) is 8.93. The fourth-order valence-corrected chi connectivity index (χ4v) is 6.61. The van der Waals surface area contributed by atoms with Gasteiger partial charge >= 0.3 is 0 Å². The highest BCUT2D eigenvalue weighted by atomic mass is 16.5. The van der Waals surface area contributed by atoms with Crippen molar-refractivity contribution in [2.24, 2.45) is 5.41 Å². The Morgan fingerprint density at radius 3 is 2.55 bits per heavy atom. The Labute approximate surface area is 226 Å². The zero-order chi connectivity index (χ0) is 26.1. The van der Waals surface area contributed by atoms with Crippen LogP contribution in [0.2, 0.25) is 0 Å². The highest BCUT2D eigenvalue weighted by Crippen LogP contribution is 2.50. The topological polar surface area (TPSA) is 63.0 Å². The molecule has 2 saturated heterocycles. The maximum atomic E-state index is 6.24. The summed E-state index contributed by atoms with van der Waals surface area (Å²) >= 11 is 0. The fourth-order valence-electron chi connectivity index (χ4n) is 6.61. The van der Waals surface area contributed by atoms with E-state index in [0.29, 0.717) is 18.1 Å². The number of furan rings is 1. The molecular formula is C31H42N4O3. The van der Waals surface area contributed by atoms with Crippen LogP contribution in [-0.4, -0.2) is 74.3 Å². The number of nitrogens with one attached hydrogen (secondary N) is 1. The van der Waals surface area contributed by atoms with Gasteiger partial charge in [0.2, 0.25) is 0 Å². The van der Waals surface area contributed by atoms with E-state index in [-0.39, 0.29) is 0 Å². The first-order valence-electron chi connectivity index (χ1n) is 14.4. The number of benzene rings is 1. The van der Waals surface area contributed by atoms with Gasteiger partial charge < -0.3 is 29.0 Å². The largest absolute Gasteiger partial charge is 0.493 e. The van der Waals surface area contributed by atoms with E-state index in [2.05, 4.69) is 34.3 Å². The average Bonchev–Trinajstić information content (AvgIpc) is 3.58. The van der Waals surface area contributed by atoms with E-state index >= 15 is 0 Å². The lowest BCUT2D eigenvalue weighted by atomic mass is 9.60. The summed E-state index contributed by atoms with van der Waals surface area (Å²) in [5, 5.41) is 4.94. The molecule has 0 radical (unpaired) electrons. The van der Waals surface area contributed by atoms with Gasteiger partial charge in [0.1, 0.15) is 11.5 Å². The van der Waals surface area contributed by atoms with Gasteiger partial charge in [0.05, 0.1) is 19.2 Å². The minimum atomic E-state index is 0.475. The van der Waals surface area contributed by atoms with E-state index in [9.17, 15) is 0 Å². The van der Waals surface area contributed by atoms with Crippen molar-refractivity contribution in [3.05, 3.63) is 36.1 Å². The van der Waals surface area contributed by atoms with Gasteiger partial charge in [0, 0.05) is 29.7 Å². The van der Waals surface area contributed by atoms with E-state index in [0.717, 1.165) is 58.3 Å². The molecular weight excluding hydrogens is 476 g/mol. The zero-order valence-corrected chi connectivity index (χ0v) is 23.2. The first kappa shape index (κ1) is 25.5. The Hall–Kier alpha value is -2.77. The monoisotopic (exact) mass is 518 g/mol. The van der Waals surface area contributed by atoms with E-state index in [1.165, 1.54) is 64.7 Å². The number of anilines is 1. The summed E-state index contributed by atoms with van der Waals surface area (Å²) in [6.45, 7) is 8.58. The third kappa shape index (κ3) is 5.36. The predicted molar refractivity (Wildman–Crippen MR) is 152 cm³/mol. The van der Waals surface area contributed by atoms with Crippen molar-refractivity contribution >= 4 is 16.6 Å². The van der Waals surface area contributed by atoms with Gasteiger partial charge in [-0.15, -0.1) is 0 Å².